The van der Waals surface area contributed by atoms with Gasteiger partial charge >= 0.3 is 5.97 Å². The molecule has 1 unspecified atom stereocenters. The molecular formula is C14H25NO3. The molecule has 0 aromatic carbocycles. The molecule has 0 heterocycles. The Morgan fingerprint density at radius 1 is 1.22 bits per heavy atom. The van der Waals surface area contributed by atoms with E-state index in [0.29, 0.717) is 31.1 Å². The first-order valence-corrected chi connectivity index (χ1v) is 6.90. The van der Waals surface area contributed by atoms with Crippen molar-refractivity contribution in [3.63, 3.8) is 0 Å². The van der Waals surface area contributed by atoms with Gasteiger partial charge in [-0.15, -0.1) is 0 Å². The van der Waals surface area contributed by atoms with Gasteiger partial charge in [0.05, 0.1) is 0 Å². The van der Waals surface area contributed by atoms with Crippen LogP contribution in [-0.4, -0.2) is 22.5 Å². The largest absolute Gasteiger partial charge is 0.480 e. The number of nitrogens with one attached hydrogen (secondary N) is 1. The second-order valence-corrected chi connectivity index (χ2v) is 6.08. The maximum Gasteiger partial charge on any atom is 0.329 e. The molecule has 1 fully saturated rings. The van der Waals surface area contributed by atoms with Gasteiger partial charge in [0.1, 0.15) is 5.54 Å². The topological polar surface area (TPSA) is 66.4 Å². The number of hydrogen-bond acceptors (Lipinski definition) is 2. The number of hydrogen-bond donors (Lipinski definition) is 2. The molecule has 104 valence electrons. The quantitative estimate of drug-likeness (QED) is 0.766. The Labute approximate surface area is 109 Å². The average Bonchev–Trinajstić information content (AvgIpc) is 2.65. The molecule has 1 amide bonds. The van der Waals surface area contributed by atoms with Crippen LogP contribution in [0.4, 0.5) is 0 Å². The van der Waals surface area contributed by atoms with E-state index in [1.54, 1.807) is 0 Å². The van der Waals surface area contributed by atoms with Gasteiger partial charge in [-0.2, -0.15) is 0 Å². The highest BCUT2D eigenvalue weighted by atomic mass is 16.4. The van der Waals surface area contributed by atoms with Crippen LogP contribution in [0.3, 0.4) is 0 Å². The van der Waals surface area contributed by atoms with E-state index in [1.807, 2.05) is 6.92 Å². The number of carbonyl (C=O) groups excluding carboxylic acids is 1. The molecule has 0 spiro atoms. The highest BCUT2D eigenvalue weighted by molar-refractivity contribution is 5.87. The minimum atomic E-state index is -0.991. The highest BCUT2D eigenvalue weighted by Crippen LogP contribution is 2.30. The molecule has 0 aromatic heterocycles. The molecule has 4 heteroatoms. The molecular weight excluding hydrogens is 230 g/mol. The highest BCUT2D eigenvalue weighted by Gasteiger charge is 2.42. The number of carboxylic acid groups (broad SMARTS) is 1. The summed E-state index contributed by atoms with van der Waals surface area (Å²) < 4.78 is 0. The number of carbonyl (C=O) groups is 2. The van der Waals surface area contributed by atoms with E-state index < -0.39 is 11.5 Å². The number of carboxylic acids is 1. The van der Waals surface area contributed by atoms with Gasteiger partial charge in [0, 0.05) is 6.42 Å². The van der Waals surface area contributed by atoms with Gasteiger partial charge in [-0.05, 0) is 31.1 Å². The van der Waals surface area contributed by atoms with Crippen molar-refractivity contribution >= 4 is 11.9 Å². The van der Waals surface area contributed by atoms with Crippen molar-refractivity contribution in [3.8, 4) is 0 Å². The number of rotatable bonds is 6. The van der Waals surface area contributed by atoms with Crippen molar-refractivity contribution in [1.29, 1.82) is 0 Å². The molecule has 1 rings (SSSR count). The molecule has 1 aliphatic carbocycles. The molecule has 0 aromatic rings. The Hall–Kier alpha value is -1.06. The summed E-state index contributed by atoms with van der Waals surface area (Å²) in [6, 6.07) is 0. The van der Waals surface area contributed by atoms with Crippen molar-refractivity contribution in [1.82, 2.24) is 5.32 Å². The lowest BCUT2D eigenvalue weighted by Crippen LogP contribution is -2.52. The first kappa shape index (κ1) is 15.0. The standard InChI is InChI=1S/C14H25NO3/c1-10(2)8-11(3)9-12(16)15-14(13(17)18)6-4-5-7-14/h10-11H,4-9H2,1-3H3,(H,15,16)(H,17,18). The van der Waals surface area contributed by atoms with Gasteiger partial charge in [0.15, 0.2) is 0 Å². The van der Waals surface area contributed by atoms with Gasteiger partial charge in [-0.25, -0.2) is 4.79 Å². The number of amides is 1. The van der Waals surface area contributed by atoms with Gasteiger partial charge in [0.2, 0.25) is 5.91 Å². The summed E-state index contributed by atoms with van der Waals surface area (Å²) in [5.41, 5.74) is -0.991. The Morgan fingerprint density at radius 3 is 2.22 bits per heavy atom. The molecule has 1 atom stereocenters. The van der Waals surface area contributed by atoms with E-state index >= 15 is 0 Å². The Kier molecular flexibility index (Phi) is 5.17. The normalized spacial score (nSPS) is 19.8. The Morgan fingerprint density at radius 2 is 1.78 bits per heavy atom. The van der Waals surface area contributed by atoms with Crippen molar-refractivity contribution in [2.75, 3.05) is 0 Å². The van der Waals surface area contributed by atoms with Crippen molar-refractivity contribution < 1.29 is 14.7 Å². The van der Waals surface area contributed by atoms with Crippen molar-refractivity contribution in [3.05, 3.63) is 0 Å². The van der Waals surface area contributed by atoms with E-state index in [-0.39, 0.29) is 5.91 Å². The van der Waals surface area contributed by atoms with Crippen LogP contribution < -0.4 is 5.32 Å². The lowest BCUT2D eigenvalue weighted by Gasteiger charge is -2.26. The summed E-state index contributed by atoms with van der Waals surface area (Å²) in [4.78, 5) is 23.2. The first-order valence-electron chi connectivity index (χ1n) is 6.90. The Bertz CT molecular complexity index is 306. The lowest BCUT2D eigenvalue weighted by molar-refractivity contribution is -0.147. The fraction of sp³-hybridized carbons (Fsp3) is 0.857. The summed E-state index contributed by atoms with van der Waals surface area (Å²) in [6.07, 6.45) is 4.31. The van der Waals surface area contributed by atoms with Crippen LogP contribution in [0.25, 0.3) is 0 Å². The lowest BCUT2D eigenvalue weighted by atomic mass is 9.93. The first-order chi connectivity index (χ1) is 8.35. The van der Waals surface area contributed by atoms with Crippen molar-refractivity contribution in [2.24, 2.45) is 11.8 Å². The summed E-state index contributed by atoms with van der Waals surface area (Å²) in [6.45, 7) is 6.30. The third-order valence-electron chi connectivity index (χ3n) is 3.65. The zero-order valence-corrected chi connectivity index (χ0v) is 11.7. The van der Waals surface area contributed by atoms with Gasteiger partial charge in [0.25, 0.3) is 0 Å². The van der Waals surface area contributed by atoms with Gasteiger partial charge in [-0.1, -0.05) is 33.6 Å². The fourth-order valence-electron chi connectivity index (χ4n) is 2.89. The van der Waals surface area contributed by atoms with Crippen LogP contribution in [0.5, 0.6) is 0 Å². The smallest absolute Gasteiger partial charge is 0.329 e. The second kappa shape index (κ2) is 6.21. The number of aliphatic carboxylic acids is 1. The molecule has 0 saturated heterocycles. The molecule has 1 saturated carbocycles. The summed E-state index contributed by atoms with van der Waals surface area (Å²) in [5, 5.41) is 12.0. The van der Waals surface area contributed by atoms with Crippen LogP contribution in [0.1, 0.15) is 59.3 Å². The average molecular weight is 255 g/mol. The zero-order valence-electron chi connectivity index (χ0n) is 11.7. The maximum atomic E-state index is 11.9. The minimum absolute atomic E-state index is 0.118. The second-order valence-electron chi connectivity index (χ2n) is 6.08. The SMILES string of the molecule is CC(C)CC(C)CC(=O)NC1(C(=O)O)CCCC1. The molecule has 18 heavy (non-hydrogen) atoms. The minimum Gasteiger partial charge on any atom is -0.480 e. The van der Waals surface area contributed by atoms with Crippen molar-refractivity contribution in [2.45, 2.75) is 64.8 Å². The van der Waals surface area contributed by atoms with E-state index in [1.165, 1.54) is 0 Å². The molecule has 0 radical (unpaired) electrons. The predicted molar refractivity (Wildman–Crippen MR) is 70.2 cm³/mol. The third kappa shape index (κ3) is 4.00. The summed E-state index contributed by atoms with van der Waals surface area (Å²) >= 11 is 0. The summed E-state index contributed by atoms with van der Waals surface area (Å²) in [7, 11) is 0. The van der Waals surface area contributed by atoms with Crippen LogP contribution in [0.15, 0.2) is 0 Å². The van der Waals surface area contributed by atoms with E-state index in [4.69, 9.17) is 0 Å². The Balaban J connectivity index is 2.50. The van der Waals surface area contributed by atoms with Crippen LogP contribution >= 0.6 is 0 Å². The molecule has 2 N–H and O–H groups in total. The van der Waals surface area contributed by atoms with Crippen LogP contribution in [0.2, 0.25) is 0 Å². The fourth-order valence-corrected chi connectivity index (χ4v) is 2.89. The van der Waals surface area contributed by atoms with E-state index in [0.717, 1.165) is 19.3 Å². The zero-order chi connectivity index (χ0) is 13.8. The summed E-state index contributed by atoms with van der Waals surface area (Å²) in [5.74, 6) is -0.137. The van der Waals surface area contributed by atoms with Gasteiger partial charge in [-0.3, -0.25) is 4.79 Å². The molecule has 0 bridgehead atoms. The molecule has 1 aliphatic rings. The monoisotopic (exact) mass is 255 g/mol. The van der Waals surface area contributed by atoms with Crippen LogP contribution in [-0.2, 0) is 9.59 Å². The predicted octanol–water partition coefficient (Wildman–Crippen LogP) is 2.57. The van der Waals surface area contributed by atoms with Crippen LogP contribution in [0, 0.1) is 11.8 Å². The maximum absolute atomic E-state index is 11.9. The van der Waals surface area contributed by atoms with Gasteiger partial charge < -0.3 is 10.4 Å². The van der Waals surface area contributed by atoms with E-state index in [2.05, 4.69) is 19.2 Å². The third-order valence-corrected chi connectivity index (χ3v) is 3.65. The van der Waals surface area contributed by atoms with E-state index in [9.17, 15) is 14.7 Å². The molecule has 0 aliphatic heterocycles. The molecule has 4 nitrogen and oxygen atoms in total.